The Balaban J connectivity index is 1.74. The third-order valence-corrected chi connectivity index (χ3v) is 5.89. The molecule has 2 aromatic carbocycles. The molecule has 0 heterocycles. The quantitative estimate of drug-likeness (QED) is 0.664. The van der Waals surface area contributed by atoms with Gasteiger partial charge in [-0.15, -0.1) is 0 Å². The molecule has 166 valence electrons. The first-order valence-electron chi connectivity index (χ1n) is 10.9. The second kappa shape index (κ2) is 10.8. The molecule has 1 aliphatic rings. The number of aryl methyl sites for hydroxylation is 1. The predicted octanol–water partition coefficient (Wildman–Crippen LogP) is 3.86. The summed E-state index contributed by atoms with van der Waals surface area (Å²) in [7, 11) is 1.56. The van der Waals surface area contributed by atoms with Crippen LogP contribution in [0.4, 0.5) is 0 Å². The van der Waals surface area contributed by atoms with E-state index < -0.39 is 6.04 Å². The topological polar surface area (TPSA) is 67.9 Å². The number of para-hydroxylation sites is 2. The fraction of sp³-hybridized carbons (Fsp3) is 0.440. The summed E-state index contributed by atoms with van der Waals surface area (Å²) >= 11 is 0. The van der Waals surface area contributed by atoms with Gasteiger partial charge in [-0.3, -0.25) is 9.59 Å². The number of carbonyl (C=O) groups excluding carboxylic acids is 2. The number of amides is 2. The minimum Gasteiger partial charge on any atom is -0.493 e. The van der Waals surface area contributed by atoms with Crippen LogP contribution in [0, 0.1) is 6.92 Å². The molecule has 6 heteroatoms. The van der Waals surface area contributed by atoms with Crippen LogP contribution in [0.25, 0.3) is 0 Å². The number of carbonyl (C=O) groups is 2. The summed E-state index contributed by atoms with van der Waals surface area (Å²) in [6, 6.07) is 14.7. The molecule has 0 spiro atoms. The number of rotatable bonds is 9. The van der Waals surface area contributed by atoms with E-state index in [9.17, 15) is 9.59 Å². The number of methoxy groups -OCH3 is 1. The molecule has 0 aliphatic heterocycles. The summed E-state index contributed by atoms with van der Waals surface area (Å²) in [4.78, 5) is 27.7. The molecular formula is C25H32N2O4. The lowest BCUT2D eigenvalue weighted by atomic mass is 10.1. The van der Waals surface area contributed by atoms with Crippen LogP contribution in [0.1, 0.15) is 43.7 Å². The van der Waals surface area contributed by atoms with Crippen molar-refractivity contribution in [3.05, 3.63) is 59.7 Å². The number of benzene rings is 2. The van der Waals surface area contributed by atoms with Crippen LogP contribution in [0.2, 0.25) is 0 Å². The van der Waals surface area contributed by atoms with E-state index in [0.29, 0.717) is 18.0 Å². The van der Waals surface area contributed by atoms with E-state index >= 15 is 0 Å². The molecular weight excluding hydrogens is 392 g/mol. The molecule has 1 atom stereocenters. The SMILES string of the molecule is COc1ccccc1OCC(=O)N(Cc1ccccc1C)[C@@H](C)C(=O)NC1CCCC1. The molecule has 2 aromatic rings. The standard InChI is InChI=1S/C25H32N2O4/c1-18-10-4-5-11-20(18)16-27(19(2)25(29)26-21-12-6-7-13-21)24(28)17-31-23-15-9-8-14-22(23)30-3/h4-5,8-11,14-15,19,21H,6-7,12-13,16-17H2,1-3H3,(H,26,29)/t19-/m0/s1. The second-order valence-corrected chi connectivity index (χ2v) is 8.05. The highest BCUT2D eigenvalue weighted by Crippen LogP contribution is 2.26. The van der Waals surface area contributed by atoms with Crippen molar-refractivity contribution in [2.45, 2.75) is 58.2 Å². The van der Waals surface area contributed by atoms with Gasteiger partial charge in [0.05, 0.1) is 7.11 Å². The monoisotopic (exact) mass is 424 g/mol. The Morgan fingerprint density at radius 2 is 1.71 bits per heavy atom. The largest absolute Gasteiger partial charge is 0.493 e. The number of hydrogen-bond donors (Lipinski definition) is 1. The Bertz CT molecular complexity index is 893. The maximum atomic E-state index is 13.2. The first-order valence-corrected chi connectivity index (χ1v) is 10.9. The molecule has 0 unspecified atom stereocenters. The zero-order chi connectivity index (χ0) is 22.2. The van der Waals surface area contributed by atoms with Crippen molar-refractivity contribution in [1.29, 1.82) is 0 Å². The van der Waals surface area contributed by atoms with Gasteiger partial charge in [-0.1, -0.05) is 49.2 Å². The molecule has 1 N–H and O–H groups in total. The van der Waals surface area contributed by atoms with Gasteiger partial charge in [0.15, 0.2) is 18.1 Å². The van der Waals surface area contributed by atoms with Crippen LogP contribution in [0.5, 0.6) is 11.5 Å². The summed E-state index contributed by atoms with van der Waals surface area (Å²) in [5, 5.41) is 3.11. The van der Waals surface area contributed by atoms with Crippen molar-refractivity contribution in [1.82, 2.24) is 10.2 Å². The van der Waals surface area contributed by atoms with E-state index in [0.717, 1.165) is 36.8 Å². The third-order valence-electron chi connectivity index (χ3n) is 5.89. The fourth-order valence-electron chi connectivity index (χ4n) is 3.91. The predicted molar refractivity (Wildman–Crippen MR) is 120 cm³/mol. The van der Waals surface area contributed by atoms with Crippen molar-refractivity contribution >= 4 is 11.8 Å². The van der Waals surface area contributed by atoms with Gasteiger partial charge in [-0.05, 0) is 49.9 Å². The molecule has 3 rings (SSSR count). The highest BCUT2D eigenvalue weighted by molar-refractivity contribution is 5.88. The Morgan fingerprint density at radius 3 is 2.39 bits per heavy atom. The van der Waals surface area contributed by atoms with E-state index in [-0.39, 0.29) is 24.5 Å². The maximum Gasteiger partial charge on any atom is 0.261 e. The van der Waals surface area contributed by atoms with Crippen LogP contribution in [0.15, 0.2) is 48.5 Å². The number of ether oxygens (including phenoxy) is 2. The highest BCUT2D eigenvalue weighted by atomic mass is 16.5. The second-order valence-electron chi connectivity index (χ2n) is 8.05. The van der Waals surface area contributed by atoms with Crippen molar-refractivity contribution in [3.8, 4) is 11.5 Å². The Labute approximate surface area is 184 Å². The van der Waals surface area contributed by atoms with E-state index in [2.05, 4.69) is 5.32 Å². The van der Waals surface area contributed by atoms with Gasteiger partial charge in [0.1, 0.15) is 6.04 Å². The van der Waals surface area contributed by atoms with Crippen molar-refractivity contribution in [2.75, 3.05) is 13.7 Å². The first kappa shape index (κ1) is 22.7. The Hall–Kier alpha value is -3.02. The van der Waals surface area contributed by atoms with E-state index in [1.165, 1.54) is 0 Å². The normalized spacial score (nSPS) is 14.7. The molecule has 0 aromatic heterocycles. The summed E-state index contributed by atoms with van der Waals surface area (Å²) in [6.07, 6.45) is 4.28. The van der Waals surface area contributed by atoms with E-state index in [1.54, 1.807) is 31.1 Å². The van der Waals surface area contributed by atoms with Gasteiger partial charge in [0.2, 0.25) is 5.91 Å². The van der Waals surface area contributed by atoms with Crippen LogP contribution in [-0.4, -0.2) is 42.5 Å². The molecule has 1 aliphatic carbocycles. The zero-order valence-corrected chi connectivity index (χ0v) is 18.6. The minimum absolute atomic E-state index is 0.119. The molecule has 1 fully saturated rings. The first-order chi connectivity index (χ1) is 15.0. The van der Waals surface area contributed by atoms with Crippen molar-refractivity contribution in [3.63, 3.8) is 0 Å². The lowest BCUT2D eigenvalue weighted by molar-refractivity contribution is -0.142. The Kier molecular flexibility index (Phi) is 7.93. The average molecular weight is 425 g/mol. The number of nitrogens with one attached hydrogen (secondary N) is 1. The van der Waals surface area contributed by atoms with Gasteiger partial charge < -0.3 is 19.7 Å². The van der Waals surface area contributed by atoms with Crippen LogP contribution < -0.4 is 14.8 Å². The van der Waals surface area contributed by atoms with Gasteiger partial charge >= 0.3 is 0 Å². The molecule has 2 amide bonds. The molecule has 1 saturated carbocycles. The van der Waals surface area contributed by atoms with Crippen molar-refractivity contribution < 1.29 is 19.1 Å². The smallest absolute Gasteiger partial charge is 0.261 e. The summed E-state index contributed by atoms with van der Waals surface area (Å²) in [5.74, 6) is 0.694. The average Bonchev–Trinajstić information content (AvgIpc) is 3.29. The van der Waals surface area contributed by atoms with Crippen LogP contribution in [0.3, 0.4) is 0 Å². The molecule has 0 radical (unpaired) electrons. The molecule has 0 bridgehead atoms. The van der Waals surface area contributed by atoms with Gasteiger partial charge in [-0.2, -0.15) is 0 Å². The van der Waals surface area contributed by atoms with Gasteiger partial charge in [-0.25, -0.2) is 0 Å². The minimum atomic E-state index is -0.603. The molecule has 0 saturated heterocycles. The summed E-state index contributed by atoms with van der Waals surface area (Å²) in [6.45, 7) is 3.96. The lowest BCUT2D eigenvalue weighted by Gasteiger charge is -2.30. The molecule has 6 nitrogen and oxygen atoms in total. The summed E-state index contributed by atoms with van der Waals surface area (Å²) < 4.78 is 11.0. The van der Waals surface area contributed by atoms with Gasteiger partial charge in [0.25, 0.3) is 5.91 Å². The van der Waals surface area contributed by atoms with Crippen LogP contribution >= 0.6 is 0 Å². The Morgan fingerprint density at radius 1 is 1.06 bits per heavy atom. The number of hydrogen-bond acceptors (Lipinski definition) is 4. The fourth-order valence-corrected chi connectivity index (χ4v) is 3.91. The van der Waals surface area contributed by atoms with Gasteiger partial charge in [0, 0.05) is 12.6 Å². The maximum absolute atomic E-state index is 13.2. The van der Waals surface area contributed by atoms with Crippen molar-refractivity contribution in [2.24, 2.45) is 0 Å². The number of nitrogens with zero attached hydrogens (tertiary/aromatic N) is 1. The third kappa shape index (κ3) is 6.00. The lowest BCUT2D eigenvalue weighted by Crippen LogP contribution is -2.50. The van der Waals surface area contributed by atoms with E-state index in [4.69, 9.17) is 9.47 Å². The highest BCUT2D eigenvalue weighted by Gasteiger charge is 2.29. The summed E-state index contributed by atoms with van der Waals surface area (Å²) in [5.41, 5.74) is 2.09. The van der Waals surface area contributed by atoms with E-state index in [1.807, 2.05) is 43.3 Å². The molecule has 31 heavy (non-hydrogen) atoms. The van der Waals surface area contributed by atoms with Crippen LogP contribution in [-0.2, 0) is 16.1 Å². The zero-order valence-electron chi connectivity index (χ0n) is 18.6.